The Morgan fingerprint density at radius 2 is 1.68 bits per heavy atom. The van der Waals surface area contributed by atoms with Crippen LogP contribution in [0.25, 0.3) is 0 Å². The molecular weight excluding hydrogens is 469 g/mol. The molecule has 0 unspecified atom stereocenters. The number of benzene rings is 3. The molecule has 0 aliphatic heterocycles. The molecule has 0 aliphatic carbocycles. The van der Waals surface area contributed by atoms with Crippen molar-refractivity contribution in [2.45, 2.75) is 18.8 Å². The molecule has 0 saturated heterocycles. The monoisotopic (exact) mass is 492 g/mol. The number of carbonyl (C=O) groups excluding carboxylic acids is 1. The lowest BCUT2D eigenvalue weighted by Gasteiger charge is -2.28. The van der Waals surface area contributed by atoms with Crippen LogP contribution in [0.3, 0.4) is 0 Å². The first-order chi connectivity index (χ1) is 16.1. The van der Waals surface area contributed by atoms with Crippen molar-refractivity contribution in [3.05, 3.63) is 88.4 Å². The van der Waals surface area contributed by atoms with Crippen LogP contribution in [0, 0.1) is 0 Å². The van der Waals surface area contributed by atoms with Gasteiger partial charge in [0, 0.05) is 6.54 Å². The molecule has 9 heteroatoms. The number of hydrogen-bond acceptors (Lipinski definition) is 4. The van der Waals surface area contributed by atoms with Gasteiger partial charge in [0.2, 0.25) is 5.91 Å². The van der Waals surface area contributed by atoms with Crippen molar-refractivity contribution in [1.29, 1.82) is 0 Å². The molecule has 0 aromatic heterocycles. The van der Waals surface area contributed by atoms with Crippen LogP contribution in [-0.4, -0.2) is 32.1 Å². The standard InChI is InChI=1S/C25H24ClF3N2O3/c1-31(15-16-9-12-21(33-2)22(13-16)34-3)23(17-7-5-4-6-8-17)24(32)30-20-14-18(25(27,28)29)10-11-19(20)26/h4-14,23H,15H2,1-3H3,(H,30,32)/t23-/m0/s1. The molecule has 5 nitrogen and oxygen atoms in total. The summed E-state index contributed by atoms with van der Waals surface area (Å²) in [5.41, 5.74) is 0.515. The summed E-state index contributed by atoms with van der Waals surface area (Å²) in [4.78, 5) is 15.1. The number of ether oxygens (including phenoxy) is 2. The highest BCUT2D eigenvalue weighted by Crippen LogP contribution is 2.35. The molecule has 0 bridgehead atoms. The Morgan fingerprint density at radius 1 is 1.00 bits per heavy atom. The van der Waals surface area contributed by atoms with Gasteiger partial charge in [0.15, 0.2) is 11.5 Å². The van der Waals surface area contributed by atoms with Gasteiger partial charge in [-0.1, -0.05) is 48.0 Å². The minimum absolute atomic E-state index is 0.00991. The summed E-state index contributed by atoms with van der Waals surface area (Å²) < 4.78 is 50.1. The molecule has 1 atom stereocenters. The van der Waals surface area contributed by atoms with Crippen molar-refractivity contribution in [3.63, 3.8) is 0 Å². The summed E-state index contributed by atoms with van der Waals surface area (Å²) in [5, 5.41) is 2.58. The SMILES string of the molecule is COc1ccc(CN(C)[C@H](C(=O)Nc2cc(C(F)(F)F)ccc2Cl)c2ccccc2)cc1OC. The Balaban J connectivity index is 1.91. The fourth-order valence-electron chi connectivity index (χ4n) is 3.60. The van der Waals surface area contributed by atoms with Gasteiger partial charge in [0.1, 0.15) is 6.04 Å². The zero-order valence-corrected chi connectivity index (χ0v) is 19.6. The minimum Gasteiger partial charge on any atom is -0.493 e. The van der Waals surface area contributed by atoms with Crippen LogP contribution in [-0.2, 0) is 17.5 Å². The van der Waals surface area contributed by atoms with Gasteiger partial charge in [0.05, 0.1) is 30.5 Å². The lowest BCUT2D eigenvalue weighted by Crippen LogP contribution is -2.34. The second-order valence-electron chi connectivity index (χ2n) is 7.60. The van der Waals surface area contributed by atoms with Gasteiger partial charge in [-0.15, -0.1) is 0 Å². The van der Waals surface area contributed by atoms with E-state index in [4.69, 9.17) is 21.1 Å². The highest BCUT2D eigenvalue weighted by atomic mass is 35.5. The molecule has 180 valence electrons. The smallest absolute Gasteiger partial charge is 0.416 e. The molecule has 0 fully saturated rings. The maximum absolute atomic E-state index is 13.3. The van der Waals surface area contributed by atoms with Crippen LogP contribution in [0.5, 0.6) is 11.5 Å². The maximum atomic E-state index is 13.3. The highest BCUT2D eigenvalue weighted by Gasteiger charge is 2.32. The van der Waals surface area contributed by atoms with Crippen molar-refractivity contribution in [1.82, 2.24) is 4.90 Å². The fraction of sp³-hybridized carbons (Fsp3) is 0.240. The van der Waals surface area contributed by atoms with E-state index in [0.717, 1.165) is 23.8 Å². The number of alkyl halides is 3. The predicted octanol–water partition coefficient (Wildman–Crippen LogP) is 6.19. The van der Waals surface area contributed by atoms with Crippen molar-refractivity contribution < 1.29 is 27.4 Å². The Hall–Kier alpha value is -3.23. The number of likely N-dealkylation sites (N-methyl/N-ethyl adjacent to an activating group) is 1. The summed E-state index contributed by atoms with van der Waals surface area (Å²) >= 11 is 6.09. The molecule has 0 radical (unpaired) electrons. The molecule has 0 aliphatic rings. The van der Waals surface area contributed by atoms with E-state index >= 15 is 0 Å². The Bertz CT molecular complexity index is 1140. The van der Waals surface area contributed by atoms with Crippen LogP contribution in [0.4, 0.5) is 18.9 Å². The van der Waals surface area contributed by atoms with E-state index in [1.54, 1.807) is 55.5 Å². The van der Waals surface area contributed by atoms with Crippen LogP contribution in [0.15, 0.2) is 66.7 Å². The van der Waals surface area contributed by atoms with Crippen molar-refractivity contribution in [3.8, 4) is 11.5 Å². The Kier molecular flexibility index (Phi) is 8.06. The zero-order chi connectivity index (χ0) is 24.9. The molecule has 1 amide bonds. The van der Waals surface area contributed by atoms with E-state index in [1.807, 2.05) is 12.1 Å². The summed E-state index contributed by atoms with van der Waals surface area (Å²) in [7, 11) is 4.82. The molecule has 0 spiro atoms. The number of carbonyl (C=O) groups is 1. The number of methoxy groups -OCH3 is 2. The largest absolute Gasteiger partial charge is 0.493 e. The summed E-state index contributed by atoms with van der Waals surface area (Å²) in [6, 6.07) is 16.4. The number of rotatable bonds is 8. The second-order valence-corrected chi connectivity index (χ2v) is 8.01. The molecule has 3 rings (SSSR count). The van der Waals surface area contributed by atoms with Crippen LogP contribution < -0.4 is 14.8 Å². The first-order valence-electron chi connectivity index (χ1n) is 10.3. The minimum atomic E-state index is -4.56. The maximum Gasteiger partial charge on any atom is 0.416 e. The number of amides is 1. The van der Waals surface area contributed by atoms with Crippen molar-refractivity contribution >= 4 is 23.2 Å². The molecule has 1 N–H and O–H groups in total. The lowest BCUT2D eigenvalue weighted by molar-refractivity contribution is -0.137. The van der Waals surface area contributed by atoms with E-state index in [1.165, 1.54) is 7.11 Å². The molecule has 3 aromatic rings. The zero-order valence-electron chi connectivity index (χ0n) is 18.8. The van der Waals surface area contributed by atoms with Crippen LogP contribution in [0.1, 0.15) is 22.7 Å². The topological polar surface area (TPSA) is 50.8 Å². The van der Waals surface area contributed by atoms with Gasteiger partial charge in [-0.25, -0.2) is 0 Å². The van der Waals surface area contributed by atoms with Gasteiger partial charge < -0.3 is 14.8 Å². The second kappa shape index (κ2) is 10.8. The van der Waals surface area contributed by atoms with E-state index in [2.05, 4.69) is 5.32 Å². The number of nitrogens with one attached hydrogen (secondary N) is 1. The van der Waals surface area contributed by atoms with E-state index in [-0.39, 0.29) is 10.7 Å². The van der Waals surface area contributed by atoms with Gasteiger partial charge >= 0.3 is 6.18 Å². The first-order valence-corrected chi connectivity index (χ1v) is 10.7. The molecule has 34 heavy (non-hydrogen) atoms. The third-order valence-electron chi connectivity index (χ3n) is 5.24. The van der Waals surface area contributed by atoms with Crippen LogP contribution in [0.2, 0.25) is 5.02 Å². The molecule has 0 saturated carbocycles. The highest BCUT2D eigenvalue weighted by molar-refractivity contribution is 6.33. The third-order valence-corrected chi connectivity index (χ3v) is 5.57. The average Bonchev–Trinajstić information content (AvgIpc) is 2.80. The average molecular weight is 493 g/mol. The van der Waals surface area contributed by atoms with E-state index in [0.29, 0.717) is 23.6 Å². The molecular formula is C25H24ClF3N2O3. The summed E-state index contributed by atoms with van der Waals surface area (Å²) in [6.45, 7) is 0.351. The molecule has 0 heterocycles. The predicted molar refractivity (Wildman–Crippen MR) is 125 cm³/mol. The Morgan fingerprint density at radius 3 is 2.29 bits per heavy atom. The van der Waals surface area contributed by atoms with Crippen molar-refractivity contribution in [2.24, 2.45) is 0 Å². The first kappa shape index (κ1) is 25.4. The van der Waals surface area contributed by atoms with E-state index in [9.17, 15) is 18.0 Å². The number of hydrogen-bond donors (Lipinski definition) is 1. The third kappa shape index (κ3) is 6.01. The number of anilines is 1. The van der Waals surface area contributed by atoms with Gasteiger partial charge in [0.25, 0.3) is 0 Å². The number of nitrogens with zero attached hydrogens (tertiary/aromatic N) is 1. The Labute approximate surface area is 201 Å². The van der Waals surface area contributed by atoms with E-state index < -0.39 is 23.7 Å². The number of halogens is 4. The van der Waals surface area contributed by atoms with Gasteiger partial charge in [-0.2, -0.15) is 13.2 Å². The van der Waals surface area contributed by atoms with Gasteiger partial charge in [-0.05, 0) is 48.5 Å². The van der Waals surface area contributed by atoms with Crippen molar-refractivity contribution in [2.75, 3.05) is 26.6 Å². The normalized spacial score (nSPS) is 12.4. The quantitative estimate of drug-likeness (QED) is 0.407. The summed E-state index contributed by atoms with van der Waals surface area (Å²) in [6.07, 6.45) is -4.56. The fourth-order valence-corrected chi connectivity index (χ4v) is 3.76. The van der Waals surface area contributed by atoms with Crippen LogP contribution >= 0.6 is 11.6 Å². The molecule has 3 aromatic carbocycles. The lowest BCUT2D eigenvalue weighted by atomic mass is 10.0. The summed E-state index contributed by atoms with van der Waals surface area (Å²) in [5.74, 6) is 0.603. The van der Waals surface area contributed by atoms with Gasteiger partial charge in [-0.3, -0.25) is 9.69 Å².